The maximum absolute atomic E-state index is 12.8. The first-order valence-corrected chi connectivity index (χ1v) is 4.57. The summed E-state index contributed by atoms with van der Waals surface area (Å²) in [6.07, 6.45) is -1.05. The number of hydrogen-bond donors (Lipinski definition) is 1. The van der Waals surface area contributed by atoms with E-state index < -0.39 is 17.5 Å². The zero-order chi connectivity index (χ0) is 10.7. The fraction of sp³-hybridized carbons (Fsp3) is 0.300. The SMILES string of the molecule is CC(F)c1ccc(C(Cl)C(=O)O)cc1. The van der Waals surface area contributed by atoms with Crippen LogP contribution in [-0.4, -0.2) is 11.1 Å². The van der Waals surface area contributed by atoms with E-state index in [4.69, 9.17) is 16.7 Å². The maximum atomic E-state index is 12.8. The Labute approximate surface area is 86.3 Å². The molecule has 0 spiro atoms. The average Bonchev–Trinajstić information content (AvgIpc) is 2.16. The molecule has 1 N–H and O–H groups in total. The number of alkyl halides is 2. The van der Waals surface area contributed by atoms with Crippen molar-refractivity contribution in [3.8, 4) is 0 Å². The molecule has 0 heterocycles. The fourth-order valence-electron chi connectivity index (χ4n) is 1.07. The molecule has 76 valence electrons. The van der Waals surface area contributed by atoms with Crippen LogP contribution in [0.3, 0.4) is 0 Å². The zero-order valence-electron chi connectivity index (χ0n) is 7.58. The highest BCUT2D eigenvalue weighted by Crippen LogP contribution is 2.23. The molecule has 0 amide bonds. The lowest BCUT2D eigenvalue weighted by Crippen LogP contribution is -2.04. The molecule has 1 rings (SSSR count). The summed E-state index contributed by atoms with van der Waals surface area (Å²) < 4.78 is 12.8. The third-order valence-electron chi connectivity index (χ3n) is 1.91. The van der Waals surface area contributed by atoms with E-state index in [1.807, 2.05) is 0 Å². The van der Waals surface area contributed by atoms with E-state index in [1.54, 1.807) is 12.1 Å². The van der Waals surface area contributed by atoms with E-state index in [0.29, 0.717) is 11.1 Å². The summed E-state index contributed by atoms with van der Waals surface area (Å²) in [7, 11) is 0. The highest BCUT2D eigenvalue weighted by molar-refractivity contribution is 6.29. The lowest BCUT2D eigenvalue weighted by Gasteiger charge is -2.06. The Balaban J connectivity index is 2.88. The van der Waals surface area contributed by atoms with Crippen LogP contribution in [0.2, 0.25) is 0 Å². The number of rotatable bonds is 3. The van der Waals surface area contributed by atoms with Crippen molar-refractivity contribution in [1.29, 1.82) is 0 Å². The van der Waals surface area contributed by atoms with Crippen LogP contribution >= 0.6 is 11.6 Å². The highest BCUT2D eigenvalue weighted by Gasteiger charge is 2.16. The van der Waals surface area contributed by atoms with Gasteiger partial charge in [-0.25, -0.2) is 4.39 Å². The molecular formula is C10H10ClFO2. The molecule has 0 saturated heterocycles. The van der Waals surface area contributed by atoms with Gasteiger partial charge in [-0.05, 0) is 18.1 Å². The van der Waals surface area contributed by atoms with Gasteiger partial charge in [-0.1, -0.05) is 24.3 Å². The predicted molar refractivity (Wildman–Crippen MR) is 52.2 cm³/mol. The molecule has 0 fully saturated rings. The van der Waals surface area contributed by atoms with Gasteiger partial charge in [-0.2, -0.15) is 0 Å². The first-order valence-electron chi connectivity index (χ1n) is 4.13. The number of halogens is 2. The van der Waals surface area contributed by atoms with Crippen LogP contribution in [0.4, 0.5) is 4.39 Å². The van der Waals surface area contributed by atoms with Crippen LogP contribution in [0.5, 0.6) is 0 Å². The summed E-state index contributed by atoms with van der Waals surface area (Å²) in [4.78, 5) is 10.5. The van der Waals surface area contributed by atoms with Gasteiger partial charge in [0.15, 0.2) is 5.38 Å². The molecule has 14 heavy (non-hydrogen) atoms. The summed E-state index contributed by atoms with van der Waals surface area (Å²) in [5.41, 5.74) is 0.978. The Morgan fingerprint density at radius 1 is 1.36 bits per heavy atom. The number of hydrogen-bond acceptors (Lipinski definition) is 1. The third kappa shape index (κ3) is 2.45. The van der Waals surface area contributed by atoms with Crippen molar-refractivity contribution in [2.75, 3.05) is 0 Å². The van der Waals surface area contributed by atoms with Gasteiger partial charge in [0.1, 0.15) is 6.17 Å². The molecule has 0 aliphatic carbocycles. The van der Waals surface area contributed by atoms with Crippen molar-refractivity contribution in [2.24, 2.45) is 0 Å². The van der Waals surface area contributed by atoms with Gasteiger partial charge in [0.25, 0.3) is 0 Å². The number of benzene rings is 1. The Morgan fingerprint density at radius 2 is 1.79 bits per heavy atom. The van der Waals surface area contributed by atoms with E-state index >= 15 is 0 Å². The van der Waals surface area contributed by atoms with Gasteiger partial charge in [0.2, 0.25) is 0 Å². The molecule has 2 atom stereocenters. The zero-order valence-corrected chi connectivity index (χ0v) is 8.33. The molecule has 0 aromatic heterocycles. The quantitative estimate of drug-likeness (QED) is 0.789. The van der Waals surface area contributed by atoms with E-state index in [1.165, 1.54) is 19.1 Å². The Morgan fingerprint density at radius 3 is 2.14 bits per heavy atom. The molecule has 0 bridgehead atoms. The summed E-state index contributed by atoms with van der Waals surface area (Å²) >= 11 is 5.58. The standard InChI is InChI=1S/C10H10ClFO2/c1-6(12)7-2-4-8(5-3-7)9(11)10(13)14/h2-6,9H,1H3,(H,13,14). The third-order valence-corrected chi connectivity index (χ3v) is 2.34. The summed E-state index contributed by atoms with van der Waals surface area (Å²) in [6.45, 7) is 1.42. The van der Waals surface area contributed by atoms with Crippen LogP contribution in [0.1, 0.15) is 29.6 Å². The molecule has 2 nitrogen and oxygen atoms in total. The van der Waals surface area contributed by atoms with Crippen molar-refractivity contribution in [2.45, 2.75) is 18.5 Å². The minimum atomic E-state index is -1.10. The van der Waals surface area contributed by atoms with Crippen molar-refractivity contribution < 1.29 is 14.3 Å². The fourth-order valence-corrected chi connectivity index (χ4v) is 1.22. The van der Waals surface area contributed by atoms with Crippen LogP contribution in [0.15, 0.2) is 24.3 Å². The minimum Gasteiger partial charge on any atom is -0.480 e. The van der Waals surface area contributed by atoms with Crippen molar-refractivity contribution in [3.63, 3.8) is 0 Å². The second-order valence-electron chi connectivity index (χ2n) is 2.98. The number of carbonyl (C=O) groups is 1. The molecule has 0 radical (unpaired) electrons. The molecule has 0 aliphatic heterocycles. The first kappa shape index (κ1) is 11.0. The van der Waals surface area contributed by atoms with E-state index in [-0.39, 0.29) is 0 Å². The van der Waals surface area contributed by atoms with Gasteiger partial charge in [0.05, 0.1) is 0 Å². The van der Waals surface area contributed by atoms with Gasteiger partial charge in [0, 0.05) is 0 Å². The molecule has 1 aromatic carbocycles. The molecule has 0 saturated carbocycles. The lowest BCUT2D eigenvalue weighted by molar-refractivity contribution is -0.136. The van der Waals surface area contributed by atoms with Gasteiger partial charge >= 0.3 is 5.97 Å². The summed E-state index contributed by atoms with van der Waals surface area (Å²) in [6, 6.07) is 6.13. The van der Waals surface area contributed by atoms with E-state index in [0.717, 1.165) is 0 Å². The lowest BCUT2D eigenvalue weighted by atomic mass is 10.1. The Kier molecular flexibility index (Phi) is 3.47. The number of aliphatic carboxylic acids is 1. The normalized spacial score (nSPS) is 14.8. The molecule has 1 aromatic rings. The topological polar surface area (TPSA) is 37.3 Å². The van der Waals surface area contributed by atoms with Crippen LogP contribution in [-0.2, 0) is 4.79 Å². The van der Waals surface area contributed by atoms with Crippen LogP contribution in [0, 0.1) is 0 Å². The smallest absolute Gasteiger partial charge is 0.326 e. The van der Waals surface area contributed by atoms with Crippen molar-refractivity contribution >= 4 is 17.6 Å². The van der Waals surface area contributed by atoms with Gasteiger partial charge < -0.3 is 5.11 Å². The summed E-state index contributed by atoms with van der Waals surface area (Å²) in [5.74, 6) is -1.10. The first-order chi connectivity index (χ1) is 6.52. The Bertz CT molecular complexity index is 321. The summed E-state index contributed by atoms with van der Waals surface area (Å²) in [5, 5.41) is 7.54. The van der Waals surface area contributed by atoms with Crippen molar-refractivity contribution in [1.82, 2.24) is 0 Å². The molecule has 0 aliphatic rings. The second kappa shape index (κ2) is 4.42. The highest BCUT2D eigenvalue weighted by atomic mass is 35.5. The van der Waals surface area contributed by atoms with E-state index in [9.17, 15) is 9.18 Å². The maximum Gasteiger partial charge on any atom is 0.326 e. The van der Waals surface area contributed by atoms with Crippen LogP contribution < -0.4 is 0 Å². The Hall–Kier alpha value is -1.09. The molecular weight excluding hydrogens is 207 g/mol. The van der Waals surface area contributed by atoms with Crippen molar-refractivity contribution in [3.05, 3.63) is 35.4 Å². The van der Waals surface area contributed by atoms with E-state index in [2.05, 4.69) is 0 Å². The van der Waals surface area contributed by atoms with Gasteiger partial charge in [-0.15, -0.1) is 11.6 Å². The van der Waals surface area contributed by atoms with Crippen LogP contribution in [0.25, 0.3) is 0 Å². The number of carboxylic acid groups (broad SMARTS) is 1. The average molecular weight is 217 g/mol. The molecule has 2 unspecified atom stereocenters. The van der Waals surface area contributed by atoms with Gasteiger partial charge in [-0.3, -0.25) is 4.79 Å². The largest absolute Gasteiger partial charge is 0.480 e. The second-order valence-corrected chi connectivity index (χ2v) is 3.42. The monoisotopic (exact) mass is 216 g/mol. The molecule has 4 heteroatoms. The predicted octanol–water partition coefficient (Wildman–Crippen LogP) is 3.08. The minimum absolute atomic E-state index is 0.462. The number of carboxylic acids is 1.